The molecule has 0 unspecified atom stereocenters. The molecule has 1 fully saturated rings. The Morgan fingerprint density at radius 2 is 1.58 bits per heavy atom. The Labute approximate surface area is 140 Å². The normalized spacial score (nSPS) is 17.2. The lowest BCUT2D eigenvalue weighted by atomic mass is 9.89. The predicted octanol–water partition coefficient (Wildman–Crippen LogP) is 3.33. The summed E-state index contributed by atoms with van der Waals surface area (Å²) in [5, 5.41) is 14.3. The van der Waals surface area contributed by atoms with Crippen molar-refractivity contribution in [1.82, 2.24) is 5.32 Å². The van der Waals surface area contributed by atoms with Gasteiger partial charge in [0.1, 0.15) is 5.54 Å². The predicted molar refractivity (Wildman–Crippen MR) is 93.9 cm³/mol. The topological polar surface area (TPSA) is 92.4 Å². The highest BCUT2D eigenvalue weighted by atomic mass is 16.4. The molecule has 0 aromatic heterocycles. The molecule has 2 aromatic carbocycles. The van der Waals surface area contributed by atoms with Crippen LogP contribution in [0, 0.1) is 0 Å². The van der Waals surface area contributed by atoms with Crippen LogP contribution >= 0.6 is 0 Å². The summed E-state index contributed by atoms with van der Waals surface area (Å²) in [5.74, 6) is -1.38. The van der Waals surface area contributed by atoms with Crippen molar-refractivity contribution >= 4 is 28.3 Å². The van der Waals surface area contributed by atoms with Gasteiger partial charge in [0.25, 0.3) is 5.91 Å². The van der Waals surface area contributed by atoms with E-state index >= 15 is 0 Å². The van der Waals surface area contributed by atoms with Crippen LogP contribution in [0.4, 0.5) is 5.69 Å². The lowest BCUT2D eigenvalue weighted by Crippen LogP contribution is -2.54. The molecule has 0 radical (unpaired) electrons. The summed E-state index contributed by atoms with van der Waals surface area (Å²) in [6, 6.07) is 11.1. The highest BCUT2D eigenvalue weighted by molar-refractivity contribution is 6.05. The van der Waals surface area contributed by atoms with Crippen LogP contribution in [0.2, 0.25) is 0 Å². The van der Waals surface area contributed by atoms with Gasteiger partial charge >= 0.3 is 5.97 Å². The van der Waals surface area contributed by atoms with Crippen LogP contribution in [0.25, 0.3) is 10.8 Å². The minimum absolute atomic E-state index is 0.332. The number of amides is 1. The Kier molecular flexibility index (Phi) is 4.42. The summed E-state index contributed by atoms with van der Waals surface area (Å²) in [4.78, 5) is 24.6. The smallest absolute Gasteiger partial charge is 0.329 e. The van der Waals surface area contributed by atoms with Gasteiger partial charge in [-0.1, -0.05) is 49.9 Å². The molecule has 0 saturated heterocycles. The monoisotopic (exact) mass is 326 g/mol. The maximum atomic E-state index is 12.7. The number of carbonyl (C=O) groups excluding carboxylic acids is 1. The van der Waals surface area contributed by atoms with Crippen molar-refractivity contribution in [2.75, 3.05) is 5.73 Å². The highest BCUT2D eigenvalue weighted by Gasteiger charge is 2.40. The molecule has 4 N–H and O–H groups in total. The molecule has 2 aromatic rings. The summed E-state index contributed by atoms with van der Waals surface area (Å²) in [6.07, 6.45) is 4.54. The van der Waals surface area contributed by atoms with Gasteiger partial charge in [-0.25, -0.2) is 4.79 Å². The first-order valence-corrected chi connectivity index (χ1v) is 8.36. The minimum Gasteiger partial charge on any atom is -0.480 e. The Bertz CT molecular complexity index is 777. The van der Waals surface area contributed by atoms with Crippen molar-refractivity contribution in [3.8, 4) is 0 Å². The van der Waals surface area contributed by atoms with Gasteiger partial charge in [-0.3, -0.25) is 4.79 Å². The Morgan fingerprint density at radius 1 is 1.00 bits per heavy atom. The number of carboxylic acid groups (broad SMARTS) is 1. The second-order valence-corrected chi connectivity index (χ2v) is 6.54. The van der Waals surface area contributed by atoms with E-state index in [1.54, 1.807) is 12.1 Å². The van der Waals surface area contributed by atoms with E-state index in [4.69, 9.17) is 5.73 Å². The van der Waals surface area contributed by atoms with Gasteiger partial charge < -0.3 is 16.2 Å². The lowest BCUT2D eigenvalue weighted by Gasteiger charge is -2.29. The number of anilines is 1. The van der Waals surface area contributed by atoms with Gasteiger partial charge in [0, 0.05) is 5.69 Å². The average Bonchev–Trinajstić information content (AvgIpc) is 2.80. The molecule has 0 aliphatic heterocycles. The zero-order valence-electron chi connectivity index (χ0n) is 13.5. The number of hydrogen-bond acceptors (Lipinski definition) is 3. The molecule has 5 heteroatoms. The van der Waals surface area contributed by atoms with Crippen LogP contribution in [-0.2, 0) is 4.79 Å². The molecule has 24 heavy (non-hydrogen) atoms. The van der Waals surface area contributed by atoms with Gasteiger partial charge in [-0.05, 0) is 35.7 Å². The Balaban J connectivity index is 1.93. The summed E-state index contributed by atoms with van der Waals surface area (Å²) in [5.41, 5.74) is 5.54. The zero-order valence-corrected chi connectivity index (χ0v) is 13.5. The molecule has 5 nitrogen and oxygen atoms in total. The number of nitrogen functional groups attached to an aromatic ring is 1. The molecular weight excluding hydrogens is 304 g/mol. The fourth-order valence-electron chi connectivity index (χ4n) is 3.46. The van der Waals surface area contributed by atoms with Gasteiger partial charge in [0.15, 0.2) is 0 Å². The van der Waals surface area contributed by atoms with E-state index in [0.717, 1.165) is 36.5 Å². The lowest BCUT2D eigenvalue weighted by molar-refractivity contribution is -0.145. The van der Waals surface area contributed by atoms with Crippen molar-refractivity contribution in [2.45, 2.75) is 44.1 Å². The molecule has 0 bridgehead atoms. The first-order valence-electron chi connectivity index (χ1n) is 8.36. The molecule has 1 aliphatic rings. The highest BCUT2D eigenvalue weighted by Crippen LogP contribution is 2.29. The van der Waals surface area contributed by atoms with Crippen molar-refractivity contribution in [3.05, 3.63) is 42.0 Å². The third kappa shape index (κ3) is 3.07. The van der Waals surface area contributed by atoms with Crippen LogP contribution < -0.4 is 11.1 Å². The number of benzene rings is 2. The van der Waals surface area contributed by atoms with E-state index < -0.39 is 17.4 Å². The largest absolute Gasteiger partial charge is 0.480 e. The number of rotatable bonds is 3. The average molecular weight is 326 g/mol. The van der Waals surface area contributed by atoms with E-state index in [9.17, 15) is 14.7 Å². The molecular formula is C19H22N2O3. The van der Waals surface area contributed by atoms with E-state index in [-0.39, 0.29) is 0 Å². The maximum Gasteiger partial charge on any atom is 0.329 e. The van der Waals surface area contributed by atoms with Crippen LogP contribution in [0.5, 0.6) is 0 Å². The molecule has 0 atom stereocenters. The second kappa shape index (κ2) is 6.51. The standard InChI is InChI=1S/C19H22N2O3/c20-16-12-14-8-4-3-7-13(14)11-15(16)17(22)21-19(18(23)24)9-5-1-2-6-10-19/h3-4,7-8,11-12H,1-2,5-6,9-10,20H2,(H,21,22)(H,23,24). The summed E-state index contributed by atoms with van der Waals surface area (Å²) in [6.45, 7) is 0. The first-order chi connectivity index (χ1) is 11.5. The van der Waals surface area contributed by atoms with Crippen LogP contribution in [0.1, 0.15) is 48.9 Å². The molecule has 0 spiro atoms. The molecule has 0 heterocycles. The van der Waals surface area contributed by atoms with E-state index in [2.05, 4.69) is 5.32 Å². The van der Waals surface area contributed by atoms with Crippen LogP contribution in [0.15, 0.2) is 36.4 Å². The molecule has 3 rings (SSSR count). The number of nitrogens with two attached hydrogens (primary N) is 1. The first kappa shape index (κ1) is 16.3. The van der Waals surface area contributed by atoms with Crippen LogP contribution in [0.3, 0.4) is 0 Å². The van der Waals surface area contributed by atoms with Gasteiger partial charge in [-0.2, -0.15) is 0 Å². The van der Waals surface area contributed by atoms with E-state index in [1.807, 2.05) is 24.3 Å². The van der Waals surface area contributed by atoms with Gasteiger partial charge in [-0.15, -0.1) is 0 Å². The number of nitrogens with one attached hydrogen (secondary N) is 1. The van der Waals surface area contributed by atoms with Gasteiger partial charge in [0.05, 0.1) is 5.56 Å². The number of carboxylic acids is 1. The van der Waals surface area contributed by atoms with Crippen molar-refractivity contribution in [2.24, 2.45) is 0 Å². The number of hydrogen-bond donors (Lipinski definition) is 3. The van der Waals surface area contributed by atoms with Crippen molar-refractivity contribution < 1.29 is 14.7 Å². The fourth-order valence-corrected chi connectivity index (χ4v) is 3.46. The fraction of sp³-hybridized carbons (Fsp3) is 0.368. The summed E-state index contributed by atoms with van der Waals surface area (Å²) >= 11 is 0. The zero-order chi connectivity index (χ0) is 17.2. The number of fused-ring (bicyclic) bond motifs is 1. The quantitative estimate of drug-likeness (QED) is 0.596. The number of carbonyl (C=O) groups is 2. The number of aliphatic carboxylic acids is 1. The van der Waals surface area contributed by atoms with Gasteiger partial charge in [0.2, 0.25) is 0 Å². The summed E-state index contributed by atoms with van der Waals surface area (Å²) < 4.78 is 0. The molecule has 1 aliphatic carbocycles. The van der Waals surface area contributed by atoms with Crippen molar-refractivity contribution in [1.29, 1.82) is 0 Å². The molecule has 1 saturated carbocycles. The van der Waals surface area contributed by atoms with Crippen molar-refractivity contribution in [3.63, 3.8) is 0 Å². The van der Waals surface area contributed by atoms with E-state index in [1.165, 1.54) is 0 Å². The third-order valence-electron chi connectivity index (χ3n) is 4.88. The maximum absolute atomic E-state index is 12.7. The minimum atomic E-state index is -1.19. The second-order valence-electron chi connectivity index (χ2n) is 6.54. The van der Waals surface area contributed by atoms with E-state index in [0.29, 0.717) is 24.1 Å². The summed E-state index contributed by atoms with van der Waals surface area (Å²) in [7, 11) is 0. The molecule has 126 valence electrons. The Morgan fingerprint density at radius 3 is 2.17 bits per heavy atom. The SMILES string of the molecule is Nc1cc2ccccc2cc1C(=O)NC1(C(=O)O)CCCCCC1. The molecule has 1 amide bonds. The third-order valence-corrected chi connectivity index (χ3v) is 4.88. The van der Waals surface area contributed by atoms with Crippen LogP contribution in [-0.4, -0.2) is 22.5 Å². The Hall–Kier alpha value is -2.56.